The highest BCUT2D eigenvalue weighted by molar-refractivity contribution is 6.64. The van der Waals surface area contributed by atoms with Gasteiger partial charge >= 0.3 is 5.91 Å². The Morgan fingerprint density at radius 2 is 1.45 bits per heavy atom. The predicted octanol–water partition coefficient (Wildman–Crippen LogP) is 2.52. The van der Waals surface area contributed by atoms with Gasteiger partial charge in [0.25, 0.3) is 11.7 Å². The van der Waals surface area contributed by atoms with Crippen molar-refractivity contribution in [3.8, 4) is 0 Å². The van der Waals surface area contributed by atoms with Crippen molar-refractivity contribution in [1.29, 1.82) is 0 Å². The minimum Gasteiger partial charge on any atom is -0.283 e. The van der Waals surface area contributed by atoms with Gasteiger partial charge in [-0.2, -0.15) is 0 Å². The summed E-state index contributed by atoms with van der Waals surface area (Å²) < 4.78 is 0. The summed E-state index contributed by atoms with van der Waals surface area (Å²) in [4.78, 5) is 37.6. The molecule has 22 heavy (non-hydrogen) atoms. The Kier molecular flexibility index (Phi) is 3.43. The molecule has 2 amide bonds. The van der Waals surface area contributed by atoms with Crippen LogP contribution in [0.5, 0.6) is 0 Å². The van der Waals surface area contributed by atoms with Crippen LogP contribution < -0.4 is 4.90 Å². The van der Waals surface area contributed by atoms with Crippen LogP contribution in [0.25, 0.3) is 6.08 Å². The molecule has 3 rings (SSSR count). The van der Waals surface area contributed by atoms with Gasteiger partial charge in [-0.25, -0.2) is 4.90 Å². The molecule has 4 nitrogen and oxygen atoms in total. The number of aryl methyl sites for hydroxylation is 1. The lowest BCUT2D eigenvalue weighted by atomic mass is 10.1. The SMILES string of the molecule is Cc1ccc(N2C(=O)C(=O)/C(=C\c3ccccc3)C2=O)cc1. The number of Topliss-reactive ketones (excluding diaryl/α,β-unsaturated/α-hetero) is 1. The summed E-state index contributed by atoms with van der Waals surface area (Å²) in [6.45, 7) is 1.91. The zero-order chi connectivity index (χ0) is 15.7. The monoisotopic (exact) mass is 291 g/mol. The molecule has 1 aliphatic heterocycles. The van der Waals surface area contributed by atoms with Gasteiger partial charge < -0.3 is 0 Å². The molecule has 0 aliphatic carbocycles. The first-order valence-corrected chi connectivity index (χ1v) is 6.84. The number of rotatable bonds is 2. The smallest absolute Gasteiger partial charge is 0.283 e. The maximum atomic E-state index is 12.4. The van der Waals surface area contributed by atoms with Crippen LogP contribution >= 0.6 is 0 Å². The van der Waals surface area contributed by atoms with E-state index >= 15 is 0 Å². The van der Waals surface area contributed by atoms with Crippen LogP contribution in [0.2, 0.25) is 0 Å². The van der Waals surface area contributed by atoms with Crippen LogP contribution in [-0.2, 0) is 14.4 Å². The van der Waals surface area contributed by atoms with Crippen molar-refractivity contribution in [2.24, 2.45) is 0 Å². The van der Waals surface area contributed by atoms with E-state index in [0.717, 1.165) is 10.5 Å². The molecule has 0 aromatic heterocycles. The number of hydrogen-bond donors (Lipinski definition) is 0. The average Bonchev–Trinajstić information content (AvgIpc) is 2.73. The number of carbonyl (C=O) groups is 3. The Labute approximate surface area is 127 Å². The molecule has 1 heterocycles. The Bertz CT molecular complexity index is 789. The fourth-order valence-corrected chi connectivity index (χ4v) is 2.30. The molecule has 0 bridgehead atoms. The van der Waals surface area contributed by atoms with E-state index in [4.69, 9.17) is 0 Å². The predicted molar refractivity (Wildman–Crippen MR) is 83.1 cm³/mol. The van der Waals surface area contributed by atoms with E-state index in [0.29, 0.717) is 11.3 Å². The summed E-state index contributed by atoms with van der Waals surface area (Å²) in [5.74, 6) is -2.16. The van der Waals surface area contributed by atoms with E-state index in [1.54, 1.807) is 48.5 Å². The first-order valence-electron chi connectivity index (χ1n) is 6.84. The summed E-state index contributed by atoms with van der Waals surface area (Å²) >= 11 is 0. The van der Waals surface area contributed by atoms with Crippen LogP contribution in [0.3, 0.4) is 0 Å². The fourth-order valence-electron chi connectivity index (χ4n) is 2.30. The average molecular weight is 291 g/mol. The van der Waals surface area contributed by atoms with E-state index in [-0.39, 0.29) is 5.57 Å². The lowest BCUT2D eigenvalue weighted by Crippen LogP contribution is -2.30. The van der Waals surface area contributed by atoms with Gasteiger partial charge in [0, 0.05) is 0 Å². The van der Waals surface area contributed by atoms with Crippen LogP contribution in [0.4, 0.5) is 5.69 Å². The largest absolute Gasteiger partial charge is 0.306 e. The van der Waals surface area contributed by atoms with E-state index in [2.05, 4.69) is 0 Å². The molecule has 0 radical (unpaired) electrons. The summed E-state index contributed by atoms with van der Waals surface area (Å²) in [6, 6.07) is 15.9. The van der Waals surface area contributed by atoms with Crippen LogP contribution in [0.15, 0.2) is 60.2 Å². The number of nitrogens with zero attached hydrogens (tertiary/aromatic N) is 1. The Balaban J connectivity index is 2.01. The fraction of sp³-hybridized carbons (Fsp3) is 0.0556. The number of amides is 2. The van der Waals surface area contributed by atoms with Crippen LogP contribution in [-0.4, -0.2) is 17.6 Å². The third-order valence-electron chi connectivity index (χ3n) is 3.48. The molecule has 1 aliphatic rings. The Hall–Kier alpha value is -3.01. The van der Waals surface area contributed by atoms with Crippen molar-refractivity contribution in [3.05, 3.63) is 71.3 Å². The number of hydrogen-bond acceptors (Lipinski definition) is 3. The van der Waals surface area contributed by atoms with Gasteiger partial charge in [-0.15, -0.1) is 0 Å². The summed E-state index contributed by atoms with van der Waals surface area (Å²) in [5.41, 5.74) is 2.02. The Morgan fingerprint density at radius 1 is 0.818 bits per heavy atom. The van der Waals surface area contributed by atoms with Crippen molar-refractivity contribution < 1.29 is 14.4 Å². The van der Waals surface area contributed by atoms with Crippen LogP contribution in [0, 0.1) is 6.92 Å². The quantitative estimate of drug-likeness (QED) is 0.370. The minimum atomic E-state index is -0.809. The molecule has 0 saturated carbocycles. The molecular weight excluding hydrogens is 278 g/mol. The molecule has 0 N–H and O–H groups in total. The maximum Gasteiger partial charge on any atom is 0.306 e. The van der Waals surface area contributed by atoms with Gasteiger partial charge in [0.2, 0.25) is 0 Å². The van der Waals surface area contributed by atoms with Crippen LogP contribution in [0.1, 0.15) is 11.1 Å². The molecular formula is C18H13NO3. The van der Waals surface area contributed by atoms with Crippen molar-refractivity contribution >= 4 is 29.4 Å². The standard InChI is InChI=1S/C18H13NO3/c1-12-7-9-14(10-8-12)19-17(21)15(16(20)18(19)22)11-13-5-3-2-4-6-13/h2-11H,1H3/b15-11+. The second-order valence-electron chi connectivity index (χ2n) is 5.08. The molecule has 1 fully saturated rings. The molecule has 2 aromatic rings. The molecule has 0 spiro atoms. The molecule has 4 heteroatoms. The van der Waals surface area contributed by atoms with Crippen molar-refractivity contribution in [2.75, 3.05) is 4.90 Å². The summed E-state index contributed by atoms with van der Waals surface area (Å²) in [5, 5.41) is 0. The zero-order valence-corrected chi connectivity index (χ0v) is 11.9. The summed E-state index contributed by atoms with van der Waals surface area (Å²) in [6.07, 6.45) is 1.46. The highest BCUT2D eigenvalue weighted by Crippen LogP contribution is 2.25. The van der Waals surface area contributed by atoms with Crippen molar-refractivity contribution in [3.63, 3.8) is 0 Å². The molecule has 1 saturated heterocycles. The lowest BCUT2D eigenvalue weighted by molar-refractivity contribution is -0.132. The number of carbonyl (C=O) groups excluding carboxylic acids is 3. The Morgan fingerprint density at radius 3 is 2.09 bits per heavy atom. The number of anilines is 1. The normalized spacial score (nSPS) is 16.7. The van der Waals surface area contributed by atoms with E-state index in [9.17, 15) is 14.4 Å². The number of ketones is 1. The first-order chi connectivity index (χ1) is 10.6. The van der Waals surface area contributed by atoms with E-state index < -0.39 is 17.6 Å². The second kappa shape index (κ2) is 5.41. The second-order valence-corrected chi connectivity index (χ2v) is 5.08. The molecule has 0 unspecified atom stereocenters. The summed E-state index contributed by atoms with van der Waals surface area (Å²) in [7, 11) is 0. The molecule has 2 aromatic carbocycles. The van der Waals surface area contributed by atoms with E-state index in [1.807, 2.05) is 13.0 Å². The first kappa shape index (κ1) is 13.9. The van der Waals surface area contributed by atoms with Crippen molar-refractivity contribution in [1.82, 2.24) is 0 Å². The topological polar surface area (TPSA) is 54.5 Å². The third kappa shape index (κ3) is 2.35. The van der Waals surface area contributed by atoms with E-state index in [1.165, 1.54) is 6.08 Å². The highest BCUT2D eigenvalue weighted by atomic mass is 16.2. The van der Waals surface area contributed by atoms with Crippen molar-refractivity contribution in [2.45, 2.75) is 6.92 Å². The molecule has 108 valence electrons. The zero-order valence-electron chi connectivity index (χ0n) is 11.9. The highest BCUT2D eigenvalue weighted by Gasteiger charge is 2.43. The van der Waals surface area contributed by atoms with Gasteiger partial charge in [0.05, 0.1) is 11.3 Å². The third-order valence-corrected chi connectivity index (χ3v) is 3.48. The van der Waals surface area contributed by atoms with Gasteiger partial charge in [-0.1, -0.05) is 48.0 Å². The van der Waals surface area contributed by atoms with Gasteiger partial charge in [0.1, 0.15) is 0 Å². The molecule has 0 atom stereocenters. The number of benzene rings is 2. The maximum absolute atomic E-state index is 12.4. The lowest BCUT2D eigenvalue weighted by Gasteiger charge is -2.12. The van der Waals surface area contributed by atoms with Gasteiger partial charge in [-0.3, -0.25) is 14.4 Å². The minimum absolute atomic E-state index is 0.100. The van der Waals surface area contributed by atoms with Gasteiger partial charge in [0.15, 0.2) is 0 Å². The number of imide groups is 1. The van der Waals surface area contributed by atoms with Gasteiger partial charge in [-0.05, 0) is 30.7 Å².